The fourth-order valence-electron chi connectivity index (χ4n) is 5.55. The van der Waals surface area contributed by atoms with E-state index in [4.69, 9.17) is 4.74 Å². The maximum Gasteiger partial charge on any atom is 0.362 e. The number of fused-ring (bicyclic) bond motifs is 3. The van der Waals surface area contributed by atoms with E-state index in [1.807, 2.05) is 28.8 Å². The second-order valence-electron chi connectivity index (χ2n) is 8.27. The molecule has 0 radical (unpaired) electrons. The van der Waals surface area contributed by atoms with Crippen molar-refractivity contribution in [3.63, 3.8) is 0 Å². The topological polar surface area (TPSA) is 64.4 Å². The van der Waals surface area contributed by atoms with Crippen molar-refractivity contribution in [2.75, 3.05) is 6.61 Å². The molecule has 0 N–H and O–H groups in total. The molecular weight excluding hydrogens is 366 g/mol. The summed E-state index contributed by atoms with van der Waals surface area (Å²) in [7, 11) is 0. The summed E-state index contributed by atoms with van der Waals surface area (Å²) < 4.78 is 6.95. The smallest absolute Gasteiger partial charge is 0.362 e. The van der Waals surface area contributed by atoms with E-state index in [0.717, 1.165) is 18.4 Å². The molecule has 2 aliphatic rings. The van der Waals surface area contributed by atoms with Crippen LogP contribution in [0.5, 0.6) is 0 Å². The Labute approximate surface area is 171 Å². The molecule has 0 saturated carbocycles. The van der Waals surface area contributed by atoms with Crippen molar-refractivity contribution < 1.29 is 9.53 Å². The average molecular weight is 398 g/mol. The highest BCUT2D eigenvalue weighted by atomic mass is 16.5. The van der Waals surface area contributed by atoms with E-state index in [1.54, 1.807) is 6.92 Å². The van der Waals surface area contributed by atoms with Gasteiger partial charge in [-0.3, -0.25) is 9.69 Å². The molecule has 0 amide bonds. The van der Waals surface area contributed by atoms with Crippen LogP contribution in [0.15, 0.2) is 29.1 Å². The van der Waals surface area contributed by atoms with E-state index >= 15 is 0 Å². The van der Waals surface area contributed by atoms with Gasteiger partial charge in [0.05, 0.1) is 17.6 Å². The minimum absolute atomic E-state index is 0.0895. The van der Waals surface area contributed by atoms with Gasteiger partial charge >= 0.3 is 5.97 Å². The molecule has 2 saturated heterocycles. The van der Waals surface area contributed by atoms with Crippen molar-refractivity contribution in [2.24, 2.45) is 0 Å². The number of carbonyl (C=O) groups is 1. The van der Waals surface area contributed by atoms with Crippen molar-refractivity contribution >= 4 is 17.0 Å². The molecule has 4 rings (SSSR count). The fourth-order valence-corrected chi connectivity index (χ4v) is 5.55. The predicted molar refractivity (Wildman–Crippen MR) is 113 cm³/mol. The van der Waals surface area contributed by atoms with E-state index in [2.05, 4.69) is 23.7 Å². The number of hydrogen-bond acceptors (Lipinski definition) is 5. The number of piperidine rings is 1. The minimum Gasteiger partial charge on any atom is -0.461 e. The molecule has 1 aromatic heterocycles. The van der Waals surface area contributed by atoms with E-state index in [9.17, 15) is 9.59 Å². The maximum atomic E-state index is 13.3. The van der Waals surface area contributed by atoms with E-state index in [-0.39, 0.29) is 23.9 Å². The minimum atomic E-state index is -0.630. The number of para-hydroxylation sites is 2. The first kappa shape index (κ1) is 20.1. The van der Waals surface area contributed by atoms with Crippen LogP contribution in [-0.4, -0.2) is 45.2 Å². The molecule has 2 bridgehead atoms. The van der Waals surface area contributed by atoms with Crippen LogP contribution in [0.1, 0.15) is 75.8 Å². The van der Waals surface area contributed by atoms with Gasteiger partial charge in [-0.2, -0.15) is 0 Å². The van der Waals surface area contributed by atoms with Crippen molar-refractivity contribution in [3.05, 3.63) is 40.3 Å². The molecule has 156 valence electrons. The first-order chi connectivity index (χ1) is 14.1. The third kappa shape index (κ3) is 3.48. The Kier molecular flexibility index (Phi) is 5.72. The normalized spacial score (nSPS) is 24.3. The van der Waals surface area contributed by atoms with Gasteiger partial charge in [-0.1, -0.05) is 26.0 Å². The Balaban J connectivity index is 1.76. The number of nitrogens with zero attached hydrogens (tertiary/aromatic N) is 3. The number of hydrogen-bond donors (Lipinski definition) is 0. The lowest BCUT2D eigenvalue weighted by atomic mass is 9.93. The highest BCUT2D eigenvalue weighted by Gasteiger charge is 2.44. The summed E-state index contributed by atoms with van der Waals surface area (Å²) in [4.78, 5) is 32.8. The summed E-state index contributed by atoms with van der Waals surface area (Å²) in [6, 6.07) is 9.34. The van der Waals surface area contributed by atoms with Crippen LogP contribution in [0, 0.1) is 0 Å². The Morgan fingerprint density at radius 2 is 1.76 bits per heavy atom. The summed E-state index contributed by atoms with van der Waals surface area (Å²) in [6.07, 6.45) is 6.62. The van der Waals surface area contributed by atoms with Crippen LogP contribution in [0.25, 0.3) is 11.0 Å². The van der Waals surface area contributed by atoms with Crippen LogP contribution >= 0.6 is 0 Å². The van der Waals surface area contributed by atoms with Gasteiger partial charge < -0.3 is 9.30 Å². The molecule has 6 heteroatoms. The van der Waals surface area contributed by atoms with Crippen molar-refractivity contribution in [1.29, 1.82) is 0 Å². The van der Waals surface area contributed by atoms with Gasteiger partial charge in [0.15, 0.2) is 0 Å². The Morgan fingerprint density at radius 3 is 2.38 bits per heavy atom. The number of rotatable bonds is 6. The van der Waals surface area contributed by atoms with Crippen molar-refractivity contribution in [3.8, 4) is 0 Å². The predicted octanol–water partition coefficient (Wildman–Crippen LogP) is 3.93. The van der Waals surface area contributed by atoms with Crippen LogP contribution < -0.4 is 5.56 Å². The van der Waals surface area contributed by atoms with Crippen LogP contribution in [0.2, 0.25) is 0 Å². The van der Waals surface area contributed by atoms with Gasteiger partial charge in [0.25, 0.3) is 5.56 Å². The molecule has 1 aromatic carbocycles. The molecule has 0 unspecified atom stereocenters. The molecular formula is C23H31N3O3. The summed E-state index contributed by atoms with van der Waals surface area (Å²) >= 11 is 0. The quantitative estimate of drug-likeness (QED) is 0.691. The van der Waals surface area contributed by atoms with E-state index in [0.29, 0.717) is 23.6 Å². The standard InChI is InChI=1S/C23H31N3O3/c1-4-15(5-2)25-16-11-12-17(25)14-18(13-16)26-20-10-8-7-9-19(20)24-21(22(26)27)23(28)29-6-3/h7-10,15-18H,4-6,11-14H2,1-3H3/t16-,17+,18+. The van der Waals surface area contributed by atoms with E-state index in [1.165, 1.54) is 25.7 Å². The zero-order chi connectivity index (χ0) is 20.5. The van der Waals surface area contributed by atoms with Gasteiger partial charge in [-0.05, 0) is 57.6 Å². The Morgan fingerprint density at radius 1 is 1.10 bits per heavy atom. The monoisotopic (exact) mass is 397 g/mol. The molecule has 2 aromatic rings. The number of benzene rings is 1. The average Bonchev–Trinajstić information content (AvgIpc) is 2.98. The van der Waals surface area contributed by atoms with Crippen LogP contribution in [0.3, 0.4) is 0 Å². The van der Waals surface area contributed by atoms with Crippen LogP contribution in [-0.2, 0) is 4.74 Å². The molecule has 29 heavy (non-hydrogen) atoms. The van der Waals surface area contributed by atoms with Gasteiger partial charge in [0, 0.05) is 24.2 Å². The van der Waals surface area contributed by atoms with Gasteiger partial charge in [-0.15, -0.1) is 0 Å². The summed E-state index contributed by atoms with van der Waals surface area (Å²) in [5.74, 6) is -0.630. The molecule has 3 atom stereocenters. The number of aromatic nitrogens is 2. The zero-order valence-corrected chi connectivity index (χ0v) is 17.6. The lowest BCUT2D eigenvalue weighted by Crippen LogP contribution is -2.50. The Bertz CT molecular complexity index is 936. The number of ether oxygens (including phenoxy) is 1. The van der Waals surface area contributed by atoms with Crippen molar-refractivity contribution in [2.45, 2.75) is 83.5 Å². The zero-order valence-electron chi connectivity index (χ0n) is 17.6. The number of esters is 1. The second-order valence-corrected chi connectivity index (χ2v) is 8.27. The fraction of sp³-hybridized carbons (Fsp3) is 0.609. The molecule has 2 fully saturated rings. The molecule has 3 heterocycles. The SMILES string of the molecule is CCOC(=O)c1nc2ccccc2n([C@H]2C[C@H]3CC[C@@H](C2)N3C(CC)CC)c1=O. The molecule has 0 aliphatic carbocycles. The van der Waals surface area contributed by atoms with Gasteiger partial charge in [0.2, 0.25) is 5.69 Å². The second kappa shape index (κ2) is 8.27. The summed E-state index contributed by atoms with van der Waals surface area (Å²) in [5.41, 5.74) is 1.07. The number of carbonyl (C=O) groups excluding carboxylic acids is 1. The van der Waals surface area contributed by atoms with Gasteiger partial charge in [0.1, 0.15) is 0 Å². The summed E-state index contributed by atoms with van der Waals surface area (Å²) in [5, 5.41) is 0. The molecule has 0 spiro atoms. The molecule has 6 nitrogen and oxygen atoms in total. The van der Waals surface area contributed by atoms with Crippen molar-refractivity contribution in [1.82, 2.24) is 14.5 Å². The maximum absolute atomic E-state index is 13.3. The third-order valence-electron chi connectivity index (χ3n) is 6.76. The lowest BCUT2D eigenvalue weighted by molar-refractivity contribution is 0.0509. The largest absolute Gasteiger partial charge is 0.461 e. The highest BCUT2D eigenvalue weighted by molar-refractivity contribution is 5.89. The third-order valence-corrected chi connectivity index (χ3v) is 6.76. The lowest BCUT2D eigenvalue weighted by Gasteiger charge is -2.44. The Hall–Kier alpha value is -2.21. The first-order valence-corrected chi connectivity index (χ1v) is 11.0. The summed E-state index contributed by atoms with van der Waals surface area (Å²) in [6.45, 7) is 6.51. The highest BCUT2D eigenvalue weighted by Crippen LogP contribution is 2.43. The first-order valence-electron chi connectivity index (χ1n) is 11.0. The van der Waals surface area contributed by atoms with Crippen LogP contribution in [0.4, 0.5) is 0 Å². The molecule has 2 aliphatic heterocycles. The van der Waals surface area contributed by atoms with E-state index < -0.39 is 5.97 Å². The van der Waals surface area contributed by atoms with Gasteiger partial charge in [-0.25, -0.2) is 9.78 Å².